The zero-order valence-corrected chi connectivity index (χ0v) is 11.8. The monoisotopic (exact) mass is 329 g/mol. The molecular weight excluding hydrogens is 314 g/mol. The molecule has 2 unspecified atom stereocenters. The molecule has 1 aromatic rings. The molecule has 7 heteroatoms. The Bertz CT molecular complexity index is 483. The van der Waals surface area contributed by atoms with Gasteiger partial charge in [-0.25, -0.2) is 4.79 Å². The van der Waals surface area contributed by atoms with Crippen molar-refractivity contribution in [1.82, 2.24) is 5.32 Å². The Hall–Kier alpha value is -1.47. The molecule has 1 heterocycles. The van der Waals surface area contributed by atoms with E-state index in [9.17, 15) is 9.90 Å². The standard InChI is InChI=1S/C12H16BrN3O3/c13-7-1-2-10(14)11(3-7)16-5-8(15-12(18)19)4-9(16)6-17/h1-3,8-9,15,17H,4-6,14H2,(H,18,19). The lowest BCUT2D eigenvalue weighted by Gasteiger charge is -2.26. The first-order chi connectivity index (χ1) is 9.01. The highest BCUT2D eigenvalue weighted by atomic mass is 79.9. The number of carbonyl (C=O) groups is 1. The lowest BCUT2D eigenvalue weighted by atomic mass is 10.2. The van der Waals surface area contributed by atoms with E-state index in [1.807, 2.05) is 17.0 Å². The van der Waals surface area contributed by atoms with Crippen molar-refractivity contribution < 1.29 is 15.0 Å². The number of nitrogens with two attached hydrogens (primary N) is 1. The zero-order chi connectivity index (χ0) is 14.0. The van der Waals surface area contributed by atoms with Crippen LogP contribution in [0.3, 0.4) is 0 Å². The number of hydrogen-bond acceptors (Lipinski definition) is 4. The van der Waals surface area contributed by atoms with E-state index in [1.165, 1.54) is 0 Å². The Labute approximate surface area is 119 Å². The zero-order valence-electron chi connectivity index (χ0n) is 10.2. The highest BCUT2D eigenvalue weighted by molar-refractivity contribution is 9.10. The molecule has 0 aliphatic carbocycles. The van der Waals surface area contributed by atoms with E-state index < -0.39 is 6.09 Å². The van der Waals surface area contributed by atoms with Gasteiger partial charge < -0.3 is 26.2 Å². The van der Waals surface area contributed by atoms with Crippen molar-refractivity contribution in [3.05, 3.63) is 22.7 Å². The van der Waals surface area contributed by atoms with E-state index in [0.29, 0.717) is 18.7 Å². The van der Waals surface area contributed by atoms with E-state index in [0.717, 1.165) is 10.2 Å². The minimum atomic E-state index is -1.05. The van der Waals surface area contributed by atoms with Crippen LogP contribution in [0.5, 0.6) is 0 Å². The number of hydrogen-bond donors (Lipinski definition) is 4. The first-order valence-corrected chi connectivity index (χ1v) is 6.72. The molecule has 1 amide bonds. The Morgan fingerprint density at radius 3 is 2.95 bits per heavy atom. The van der Waals surface area contributed by atoms with E-state index in [1.54, 1.807) is 6.07 Å². The van der Waals surface area contributed by atoms with Gasteiger partial charge in [0.1, 0.15) is 0 Å². The van der Waals surface area contributed by atoms with E-state index in [4.69, 9.17) is 10.8 Å². The number of benzene rings is 1. The van der Waals surface area contributed by atoms with Gasteiger partial charge in [0.25, 0.3) is 0 Å². The summed E-state index contributed by atoms with van der Waals surface area (Å²) in [6.07, 6.45) is -0.486. The molecule has 0 bridgehead atoms. The number of nitrogens with one attached hydrogen (secondary N) is 1. The average Bonchev–Trinajstić information content (AvgIpc) is 2.74. The fourth-order valence-electron chi connectivity index (χ4n) is 2.43. The van der Waals surface area contributed by atoms with Crippen LogP contribution in [0.1, 0.15) is 6.42 Å². The third-order valence-electron chi connectivity index (χ3n) is 3.25. The maximum absolute atomic E-state index is 10.7. The molecule has 1 aliphatic heterocycles. The summed E-state index contributed by atoms with van der Waals surface area (Å²) >= 11 is 3.39. The minimum absolute atomic E-state index is 0.0379. The molecule has 5 N–H and O–H groups in total. The molecule has 2 atom stereocenters. The summed E-state index contributed by atoms with van der Waals surface area (Å²) in [5, 5.41) is 20.7. The first-order valence-electron chi connectivity index (χ1n) is 5.93. The summed E-state index contributed by atoms with van der Waals surface area (Å²) in [5.74, 6) is 0. The number of halogens is 1. The molecule has 0 aromatic heterocycles. The number of carboxylic acid groups (broad SMARTS) is 1. The van der Waals surface area contributed by atoms with Crippen LogP contribution in [0.25, 0.3) is 0 Å². The molecule has 1 saturated heterocycles. The average molecular weight is 330 g/mol. The smallest absolute Gasteiger partial charge is 0.404 e. The van der Waals surface area contributed by atoms with Gasteiger partial charge in [-0.2, -0.15) is 0 Å². The summed E-state index contributed by atoms with van der Waals surface area (Å²) < 4.78 is 0.892. The molecule has 19 heavy (non-hydrogen) atoms. The number of aliphatic hydroxyl groups excluding tert-OH is 1. The molecule has 0 radical (unpaired) electrons. The first kappa shape index (κ1) is 14.0. The third kappa shape index (κ3) is 3.10. The number of amides is 1. The van der Waals surface area contributed by atoms with Crippen molar-refractivity contribution in [2.24, 2.45) is 0 Å². The van der Waals surface area contributed by atoms with Crippen LogP contribution in [-0.4, -0.2) is 41.5 Å². The predicted octanol–water partition coefficient (Wildman–Crippen LogP) is 1.24. The topological polar surface area (TPSA) is 98.8 Å². The molecule has 1 aromatic carbocycles. The molecule has 1 aliphatic rings. The fourth-order valence-corrected chi connectivity index (χ4v) is 2.78. The molecule has 1 fully saturated rings. The summed E-state index contributed by atoms with van der Waals surface area (Å²) in [6, 6.07) is 5.17. The molecular formula is C12H16BrN3O3. The SMILES string of the molecule is Nc1ccc(Br)cc1N1CC(NC(=O)O)CC1CO. The van der Waals surface area contributed by atoms with Gasteiger partial charge in [-0.05, 0) is 24.6 Å². The predicted molar refractivity (Wildman–Crippen MR) is 76.3 cm³/mol. The Morgan fingerprint density at radius 1 is 1.58 bits per heavy atom. The number of rotatable bonds is 3. The van der Waals surface area contributed by atoms with E-state index in [-0.39, 0.29) is 18.7 Å². The fraction of sp³-hybridized carbons (Fsp3) is 0.417. The number of nitrogens with zero attached hydrogens (tertiary/aromatic N) is 1. The van der Waals surface area contributed by atoms with Crippen LogP contribution < -0.4 is 16.0 Å². The van der Waals surface area contributed by atoms with Crippen LogP contribution >= 0.6 is 15.9 Å². The number of anilines is 2. The van der Waals surface area contributed by atoms with Gasteiger partial charge in [0.15, 0.2) is 0 Å². The van der Waals surface area contributed by atoms with Gasteiger partial charge in [-0.3, -0.25) is 0 Å². The summed E-state index contributed by atoms with van der Waals surface area (Å²) in [7, 11) is 0. The van der Waals surface area contributed by atoms with E-state index >= 15 is 0 Å². The second-order valence-electron chi connectivity index (χ2n) is 4.57. The Morgan fingerprint density at radius 2 is 2.32 bits per heavy atom. The second-order valence-corrected chi connectivity index (χ2v) is 5.49. The van der Waals surface area contributed by atoms with Gasteiger partial charge in [-0.15, -0.1) is 0 Å². The Kier molecular flexibility index (Phi) is 4.16. The van der Waals surface area contributed by atoms with Crippen molar-refractivity contribution in [2.75, 3.05) is 23.8 Å². The lowest BCUT2D eigenvalue weighted by Crippen LogP contribution is -2.36. The molecule has 0 saturated carbocycles. The van der Waals surface area contributed by atoms with Crippen molar-refractivity contribution in [2.45, 2.75) is 18.5 Å². The largest absolute Gasteiger partial charge is 0.465 e. The van der Waals surface area contributed by atoms with Gasteiger partial charge in [0.2, 0.25) is 0 Å². The summed E-state index contributed by atoms with van der Waals surface area (Å²) in [6.45, 7) is 0.460. The highest BCUT2D eigenvalue weighted by Gasteiger charge is 2.33. The molecule has 104 valence electrons. The normalized spacial score (nSPS) is 22.5. The van der Waals surface area contributed by atoms with Crippen molar-refractivity contribution in [3.8, 4) is 0 Å². The van der Waals surface area contributed by atoms with Gasteiger partial charge >= 0.3 is 6.09 Å². The van der Waals surface area contributed by atoms with Crippen LogP contribution in [0, 0.1) is 0 Å². The second kappa shape index (κ2) is 5.66. The van der Waals surface area contributed by atoms with Crippen LogP contribution in [0.4, 0.5) is 16.2 Å². The molecule has 2 rings (SSSR count). The molecule has 6 nitrogen and oxygen atoms in total. The number of nitrogen functional groups attached to an aromatic ring is 1. The summed E-state index contributed by atoms with van der Waals surface area (Å²) in [5.41, 5.74) is 7.37. The lowest BCUT2D eigenvalue weighted by molar-refractivity contribution is 0.190. The van der Waals surface area contributed by atoms with Gasteiger partial charge in [-0.1, -0.05) is 15.9 Å². The van der Waals surface area contributed by atoms with Crippen LogP contribution in [0.15, 0.2) is 22.7 Å². The Balaban J connectivity index is 2.22. The minimum Gasteiger partial charge on any atom is -0.465 e. The van der Waals surface area contributed by atoms with Crippen molar-refractivity contribution >= 4 is 33.4 Å². The maximum atomic E-state index is 10.7. The van der Waals surface area contributed by atoms with Crippen molar-refractivity contribution in [3.63, 3.8) is 0 Å². The maximum Gasteiger partial charge on any atom is 0.404 e. The van der Waals surface area contributed by atoms with Gasteiger partial charge in [0, 0.05) is 11.0 Å². The van der Waals surface area contributed by atoms with Gasteiger partial charge in [0.05, 0.1) is 30.1 Å². The van der Waals surface area contributed by atoms with Crippen molar-refractivity contribution in [1.29, 1.82) is 0 Å². The third-order valence-corrected chi connectivity index (χ3v) is 3.75. The van der Waals surface area contributed by atoms with E-state index in [2.05, 4.69) is 21.2 Å². The van der Waals surface area contributed by atoms with Crippen LogP contribution in [-0.2, 0) is 0 Å². The quantitative estimate of drug-likeness (QED) is 0.625. The van der Waals surface area contributed by atoms with Crippen LogP contribution in [0.2, 0.25) is 0 Å². The number of aliphatic hydroxyl groups is 1. The summed E-state index contributed by atoms with van der Waals surface area (Å²) in [4.78, 5) is 12.6. The molecule has 0 spiro atoms. The highest BCUT2D eigenvalue weighted by Crippen LogP contribution is 2.32.